The van der Waals surface area contributed by atoms with E-state index in [9.17, 15) is 4.79 Å². The van der Waals surface area contributed by atoms with Gasteiger partial charge in [-0.25, -0.2) is 0 Å². The highest BCUT2D eigenvalue weighted by Crippen LogP contribution is 2.13. The fourth-order valence-electron chi connectivity index (χ4n) is 2.35. The topological polar surface area (TPSA) is 67.6 Å². The van der Waals surface area contributed by atoms with Crippen molar-refractivity contribution in [3.63, 3.8) is 0 Å². The first-order valence-electron chi connectivity index (χ1n) is 7.34. The number of rotatable bonds is 7. The Morgan fingerprint density at radius 1 is 1.32 bits per heavy atom. The third kappa shape index (κ3) is 5.89. The molecule has 3 N–H and O–H groups in total. The lowest BCUT2D eigenvalue weighted by molar-refractivity contribution is -0.124. The molecule has 0 spiro atoms. The molecule has 0 aliphatic carbocycles. The lowest BCUT2D eigenvalue weighted by Gasteiger charge is -2.35. The number of nitrogens with zero attached hydrogens (tertiary/aromatic N) is 1. The number of morpholine rings is 1. The van der Waals surface area contributed by atoms with Gasteiger partial charge in [-0.2, -0.15) is 0 Å². The molecule has 0 bridgehead atoms. The molecule has 19 heavy (non-hydrogen) atoms. The number of hydrogen-bond donors (Lipinski definition) is 2. The summed E-state index contributed by atoms with van der Waals surface area (Å²) in [5.74, 6) is 0.575. The van der Waals surface area contributed by atoms with Crippen LogP contribution in [0.3, 0.4) is 0 Å². The summed E-state index contributed by atoms with van der Waals surface area (Å²) in [6, 6.07) is 0.401. The van der Waals surface area contributed by atoms with Gasteiger partial charge in [0, 0.05) is 38.1 Å². The largest absolute Gasteiger partial charge is 0.379 e. The molecule has 112 valence electrons. The zero-order valence-corrected chi connectivity index (χ0v) is 12.5. The van der Waals surface area contributed by atoms with Crippen molar-refractivity contribution in [3.05, 3.63) is 0 Å². The summed E-state index contributed by atoms with van der Waals surface area (Å²) in [6.07, 6.45) is 1.09. The molecular weight excluding hydrogens is 242 g/mol. The normalized spacial score (nSPS) is 20.3. The van der Waals surface area contributed by atoms with Crippen LogP contribution in [0.4, 0.5) is 0 Å². The number of hydrogen-bond acceptors (Lipinski definition) is 4. The van der Waals surface area contributed by atoms with Crippen LogP contribution in [0.5, 0.6) is 0 Å². The maximum atomic E-state index is 11.8. The molecule has 0 aromatic carbocycles. The van der Waals surface area contributed by atoms with Crippen LogP contribution in [0.1, 0.15) is 27.2 Å². The van der Waals surface area contributed by atoms with Crippen LogP contribution in [0.25, 0.3) is 0 Å². The van der Waals surface area contributed by atoms with Gasteiger partial charge < -0.3 is 15.8 Å². The first-order valence-corrected chi connectivity index (χ1v) is 7.34. The number of nitrogens with one attached hydrogen (secondary N) is 1. The van der Waals surface area contributed by atoms with Crippen molar-refractivity contribution in [2.75, 3.05) is 39.4 Å². The molecule has 1 saturated heterocycles. The number of amides is 1. The quantitative estimate of drug-likeness (QED) is 0.705. The van der Waals surface area contributed by atoms with Crippen molar-refractivity contribution in [1.29, 1.82) is 0 Å². The maximum Gasteiger partial charge on any atom is 0.224 e. The summed E-state index contributed by atoms with van der Waals surface area (Å²) >= 11 is 0. The minimum atomic E-state index is -0.107. The zero-order chi connectivity index (χ0) is 14.3. The van der Waals surface area contributed by atoms with E-state index in [-0.39, 0.29) is 11.8 Å². The third-order valence-corrected chi connectivity index (χ3v) is 3.62. The highest BCUT2D eigenvalue weighted by atomic mass is 16.5. The summed E-state index contributed by atoms with van der Waals surface area (Å²) < 4.78 is 5.39. The molecule has 0 radical (unpaired) electrons. The fraction of sp³-hybridized carbons (Fsp3) is 0.929. The molecule has 0 aromatic rings. The standard InChI is InChI=1S/C14H29N3O2/c1-11(2)8-13(17-4-6-19-7-5-17)10-16-14(18)12(3)9-15/h11-13H,4-10,15H2,1-3H3,(H,16,18). The Hall–Kier alpha value is -0.650. The Kier molecular flexibility index (Phi) is 7.34. The number of nitrogens with two attached hydrogens (primary N) is 1. The predicted molar refractivity (Wildman–Crippen MR) is 76.9 cm³/mol. The van der Waals surface area contributed by atoms with Gasteiger partial charge in [-0.05, 0) is 12.3 Å². The second-order valence-corrected chi connectivity index (χ2v) is 5.81. The van der Waals surface area contributed by atoms with Crippen LogP contribution < -0.4 is 11.1 Å². The molecule has 0 saturated carbocycles. The van der Waals surface area contributed by atoms with E-state index in [1.54, 1.807) is 0 Å². The summed E-state index contributed by atoms with van der Waals surface area (Å²) in [6.45, 7) is 10.9. The van der Waals surface area contributed by atoms with Crippen molar-refractivity contribution in [2.24, 2.45) is 17.6 Å². The minimum Gasteiger partial charge on any atom is -0.379 e. The van der Waals surface area contributed by atoms with Gasteiger partial charge in [-0.3, -0.25) is 9.69 Å². The average molecular weight is 271 g/mol. The van der Waals surface area contributed by atoms with E-state index in [2.05, 4.69) is 24.1 Å². The van der Waals surface area contributed by atoms with Gasteiger partial charge in [0.15, 0.2) is 0 Å². The van der Waals surface area contributed by atoms with Gasteiger partial charge in [0.05, 0.1) is 13.2 Å². The number of ether oxygens (including phenoxy) is 1. The summed E-state index contributed by atoms with van der Waals surface area (Å²) in [4.78, 5) is 14.2. The van der Waals surface area contributed by atoms with E-state index < -0.39 is 0 Å². The molecule has 1 heterocycles. The molecule has 5 nitrogen and oxygen atoms in total. The Morgan fingerprint density at radius 3 is 2.47 bits per heavy atom. The molecule has 1 fully saturated rings. The van der Waals surface area contributed by atoms with Gasteiger partial charge >= 0.3 is 0 Å². The van der Waals surface area contributed by atoms with Crippen LogP contribution >= 0.6 is 0 Å². The molecular formula is C14H29N3O2. The molecule has 1 aliphatic rings. The van der Waals surface area contributed by atoms with Gasteiger partial charge in [0.1, 0.15) is 0 Å². The monoisotopic (exact) mass is 271 g/mol. The second kappa shape index (κ2) is 8.51. The number of carbonyl (C=O) groups excluding carboxylic acids is 1. The van der Waals surface area contributed by atoms with Gasteiger partial charge in [-0.15, -0.1) is 0 Å². The second-order valence-electron chi connectivity index (χ2n) is 5.81. The van der Waals surface area contributed by atoms with E-state index in [1.165, 1.54) is 0 Å². The van der Waals surface area contributed by atoms with Crippen molar-refractivity contribution >= 4 is 5.91 Å². The molecule has 1 aliphatic heterocycles. The van der Waals surface area contributed by atoms with Gasteiger partial charge in [0.2, 0.25) is 5.91 Å². The molecule has 2 atom stereocenters. The summed E-state index contributed by atoms with van der Waals surface area (Å²) in [7, 11) is 0. The molecule has 2 unspecified atom stereocenters. The predicted octanol–water partition coefficient (Wildman–Crippen LogP) is 0.444. The van der Waals surface area contributed by atoms with Crippen LogP contribution in [0.2, 0.25) is 0 Å². The first-order chi connectivity index (χ1) is 9.04. The van der Waals surface area contributed by atoms with Crippen LogP contribution in [-0.2, 0) is 9.53 Å². The minimum absolute atomic E-state index is 0.0597. The van der Waals surface area contributed by atoms with E-state index in [1.807, 2.05) is 6.92 Å². The van der Waals surface area contributed by atoms with E-state index >= 15 is 0 Å². The van der Waals surface area contributed by atoms with Gasteiger partial charge in [0.25, 0.3) is 0 Å². The van der Waals surface area contributed by atoms with Crippen molar-refractivity contribution in [1.82, 2.24) is 10.2 Å². The van der Waals surface area contributed by atoms with E-state index in [4.69, 9.17) is 10.5 Å². The van der Waals surface area contributed by atoms with E-state index in [0.29, 0.717) is 25.0 Å². The number of carbonyl (C=O) groups is 1. The van der Waals surface area contributed by atoms with Gasteiger partial charge in [-0.1, -0.05) is 20.8 Å². The van der Waals surface area contributed by atoms with Crippen LogP contribution in [-0.4, -0.2) is 56.2 Å². The first kappa shape index (κ1) is 16.4. The lowest BCUT2D eigenvalue weighted by Crippen LogP contribution is -2.50. The maximum absolute atomic E-state index is 11.8. The SMILES string of the molecule is CC(C)CC(CNC(=O)C(C)CN)N1CCOCC1. The molecule has 5 heteroatoms. The highest BCUT2D eigenvalue weighted by Gasteiger charge is 2.23. The smallest absolute Gasteiger partial charge is 0.224 e. The van der Waals surface area contributed by atoms with Crippen LogP contribution in [0.15, 0.2) is 0 Å². The fourth-order valence-corrected chi connectivity index (χ4v) is 2.35. The highest BCUT2D eigenvalue weighted by molar-refractivity contribution is 5.78. The Balaban J connectivity index is 2.46. The molecule has 0 aromatic heterocycles. The lowest BCUT2D eigenvalue weighted by atomic mass is 10.0. The summed E-state index contributed by atoms with van der Waals surface area (Å²) in [5.41, 5.74) is 5.52. The molecule has 1 rings (SSSR count). The Bertz CT molecular complexity index is 265. The summed E-state index contributed by atoms with van der Waals surface area (Å²) in [5, 5.41) is 3.03. The molecule has 1 amide bonds. The van der Waals surface area contributed by atoms with Crippen molar-refractivity contribution in [3.8, 4) is 0 Å². The van der Waals surface area contributed by atoms with E-state index in [0.717, 1.165) is 32.7 Å². The van der Waals surface area contributed by atoms with Crippen molar-refractivity contribution < 1.29 is 9.53 Å². The Morgan fingerprint density at radius 2 is 1.95 bits per heavy atom. The van der Waals surface area contributed by atoms with Crippen LogP contribution in [0, 0.1) is 11.8 Å². The zero-order valence-electron chi connectivity index (χ0n) is 12.5. The van der Waals surface area contributed by atoms with Crippen molar-refractivity contribution in [2.45, 2.75) is 33.2 Å². The average Bonchev–Trinajstić information content (AvgIpc) is 2.42. The third-order valence-electron chi connectivity index (χ3n) is 3.62. The Labute approximate surface area is 116 Å².